The Kier molecular flexibility index (Phi) is 7.87. The second-order valence-corrected chi connectivity index (χ2v) is 8.28. The topological polar surface area (TPSA) is 102 Å². The Hall–Kier alpha value is -2.91. The van der Waals surface area contributed by atoms with Gasteiger partial charge in [0.15, 0.2) is 6.61 Å². The Balaban J connectivity index is 1.53. The highest BCUT2D eigenvalue weighted by molar-refractivity contribution is 9.10. The molecular formula is C22H20BrClN2O6. The second-order valence-electron chi connectivity index (χ2n) is 6.95. The van der Waals surface area contributed by atoms with Gasteiger partial charge < -0.3 is 19.7 Å². The van der Waals surface area contributed by atoms with Crippen molar-refractivity contribution < 1.29 is 28.7 Å². The van der Waals surface area contributed by atoms with Crippen LogP contribution in [-0.4, -0.2) is 43.5 Å². The molecular weight excluding hydrogens is 504 g/mol. The summed E-state index contributed by atoms with van der Waals surface area (Å²) in [5.74, 6) is -2.58. The molecule has 1 fully saturated rings. The SMILES string of the molecule is CCOC(=O)c1ccc(N2C[C@H](C(=O)OCC(=O)Nc3ccc(Br)cc3Cl)CC2=O)cc1. The molecule has 8 nitrogen and oxygen atoms in total. The summed E-state index contributed by atoms with van der Waals surface area (Å²) in [6, 6.07) is 11.3. The average Bonchev–Trinajstić information content (AvgIpc) is 3.16. The first-order valence-electron chi connectivity index (χ1n) is 9.77. The van der Waals surface area contributed by atoms with Crippen molar-refractivity contribution >= 4 is 62.7 Å². The van der Waals surface area contributed by atoms with E-state index in [4.69, 9.17) is 21.1 Å². The lowest BCUT2D eigenvalue weighted by atomic mass is 10.1. The number of esters is 2. The number of nitrogens with one attached hydrogen (secondary N) is 1. The predicted molar refractivity (Wildman–Crippen MR) is 122 cm³/mol. The summed E-state index contributed by atoms with van der Waals surface area (Å²) in [6.07, 6.45) is -0.0291. The minimum atomic E-state index is -0.698. The third-order valence-corrected chi connectivity index (χ3v) is 5.51. The molecule has 1 aliphatic heterocycles. The average molecular weight is 524 g/mol. The number of carbonyl (C=O) groups excluding carboxylic acids is 4. The van der Waals surface area contributed by atoms with Crippen LogP contribution in [0.3, 0.4) is 0 Å². The van der Waals surface area contributed by atoms with E-state index in [0.717, 1.165) is 4.47 Å². The quantitative estimate of drug-likeness (QED) is 0.554. The molecule has 0 aliphatic carbocycles. The van der Waals surface area contributed by atoms with Crippen LogP contribution in [-0.2, 0) is 23.9 Å². The van der Waals surface area contributed by atoms with Gasteiger partial charge in [-0.25, -0.2) is 4.79 Å². The molecule has 2 aromatic carbocycles. The number of anilines is 2. The number of hydrogen-bond acceptors (Lipinski definition) is 6. The van der Waals surface area contributed by atoms with Gasteiger partial charge in [-0.15, -0.1) is 0 Å². The van der Waals surface area contributed by atoms with Gasteiger partial charge in [-0.3, -0.25) is 14.4 Å². The lowest BCUT2D eigenvalue weighted by Gasteiger charge is -2.17. The molecule has 1 atom stereocenters. The van der Waals surface area contributed by atoms with Crippen LogP contribution in [0.15, 0.2) is 46.9 Å². The van der Waals surface area contributed by atoms with E-state index in [2.05, 4.69) is 21.2 Å². The summed E-state index contributed by atoms with van der Waals surface area (Å²) >= 11 is 9.33. The Labute approximate surface area is 197 Å². The first kappa shape index (κ1) is 23.7. The van der Waals surface area contributed by atoms with Crippen molar-refractivity contribution in [2.24, 2.45) is 5.92 Å². The van der Waals surface area contributed by atoms with Gasteiger partial charge in [0.2, 0.25) is 5.91 Å². The van der Waals surface area contributed by atoms with Gasteiger partial charge in [-0.2, -0.15) is 0 Å². The van der Waals surface area contributed by atoms with Crippen molar-refractivity contribution in [3.8, 4) is 0 Å². The molecule has 10 heteroatoms. The van der Waals surface area contributed by atoms with Crippen LogP contribution in [0.1, 0.15) is 23.7 Å². The van der Waals surface area contributed by atoms with Gasteiger partial charge in [-0.1, -0.05) is 27.5 Å². The summed E-state index contributed by atoms with van der Waals surface area (Å²) in [5, 5.41) is 2.90. The Morgan fingerprint density at radius 3 is 2.53 bits per heavy atom. The molecule has 1 N–H and O–H groups in total. The fourth-order valence-corrected chi connectivity index (χ4v) is 3.86. The first-order valence-corrected chi connectivity index (χ1v) is 10.9. The smallest absolute Gasteiger partial charge is 0.338 e. The number of rotatable bonds is 7. The fraction of sp³-hybridized carbons (Fsp3) is 0.273. The summed E-state index contributed by atoms with van der Waals surface area (Å²) in [4.78, 5) is 50.0. The van der Waals surface area contributed by atoms with Gasteiger partial charge >= 0.3 is 11.9 Å². The Morgan fingerprint density at radius 2 is 1.88 bits per heavy atom. The second kappa shape index (κ2) is 10.6. The van der Waals surface area contributed by atoms with Crippen LogP contribution in [0.25, 0.3) is 0 Å². The number of hydrogen-bond donors (Lipinski definition) is 1. The molecule has 0 spiro atoms. The molecule has 168 valence electrons. The minimum absolute atomic E-state index is 0.0291. The van der Waals surface area contributed by atoms with Crippen molar-refractivity contribution in [2.75, 3.05) is 30.0 Å². The Bertz CT molecular complexity index is 1040. The number of nitrogens with zero attached hydrogens (tertiary/aromatic N) is 1. The van der Waals surface area contributed by atoms with E-state index in [1.54, 1.807) is 49.4 Å². The molecule has 0 bridgehead atoms. The highest BCUT2D eigenvalue weighted by Crippen LogP contribution is 2.27. The van der Waals surface area contributed by atoms with Crippen molar-refractivity contribution in [3.63, 3.8) is 0 Å². The lowest BCUT2D eigenvalue weighted by molar-refractivity contribution is -0.151. The third kappa shape index (κ3) is 5.86. The fourth-order valence-electron chi connectivity index (χ4n) is 3.14. The van der Waals surface area contributed by atoms with Crippen molar-refractivity contribution in [3.05, 3.63) is 57.5 Å². The van der Waals surface area contributed by atoms with Gasteiger partial charge in [0, 0.05) is 23.1 Å². The number of amides is 2. The van der Waals surface area contributed by atoms with Crippen LogP contribution in [0.2, 0.25) is 5.02 Å². The largest absolute Gasteiger partial charge is 0.462 e. The van der Waals surface area contributed by atoms with Crippen LogP contribution in [0.4, 0.5) is 11.4 Å². The molecule has 32 heavy (non-hydrogen) atoms. The van der Waals surface area contributed by atoms with Crippen molar-refractivity contribution in [2.45, 2.75) is 13.3 Å². The molecule has 0 aromatic heterocycles. The Morgan fingerprint density at radius 1 is 1.16 bits per heavy atom. The van der Waals surface area contributed by atoms with Gasteiger partial charge in [0.05, 0.1) is 28.8 Å². The molecule has 0 radical (unpaired) electrons. The normalized spacial score (nSPS) is 15.4. The molecule has 1 saturated heterocycles. The van der Waals surface area contributed by atoms with Gasteiger partial charge in [0.25, 0.3) is 5.91 Å². The van der Waals surface area contributed by atoms with E-state index >= 15 is 0 Å². The zero-order valence-corrected chi connectivity index (χ0v) is 19.4. The lowest BCUT2D eigenvalue weighted by Crippen LogP contribution is -2.28. The van der Waals surface area contributed by atoms with Crippen LogP contribution < -0.4 is 10.2 Å². The van der Waals surface area contributed by atoms with E-state index in [0.29, 0.717) is 22.0 Å². The van der Waals surface area contributed by atoms with Crippen LogP contribution in [0.5, 0.6) is 0 Å². The maximum atomic E-state index is 12.4. The molecule has 0 unspecified atom stereocenters. The first-order chi connectivity index (χ1) is 15.3. The number of carbonyl (C=O) groups is 4. The summed E-state index contributed by atoms with van der Waals surface area (Å²) < 4.78 is 10.8. The highest BCUT2D eigenvalue weighted by atomic mass is 79.9. The highest BCUT2D eigenvalue weighted by Gasteiger charge is 2.36. The molecule has 2 amide bonds. The molecule has 0 saturated carbocycles. The monoisotopic (exact) mass is 522 g/mol. The molecule has 1 aliphatic rings. The van der Waals surface area contributed by atoms with E-state index in [1.807, 2.05) is 0 Å². The van der Waals surface area contributed by atoms with Crippen molar-refractivity contribution in [1.29, 1.82) is 0 Å². The number of benzene rings is 2. The standard InChI is InChI=1S/C22H20BrClN2O6/c1-2-31-21(29)13-3-6-16(7-4-13)26-11-14(9-20(26)28)22(30)32-12-19(27)25-18-8-5-15(23)10-17(18)24/h3-8,10,14H,2,9,11-12H2,1H3,(H,25,27)/t14-/m1/s1. The zero-order chi connectivity index (χ0) is 23.3. The van der Waals surface area contributed by atoms with E-state index < -0.39 is 30.4 Å². The van der Waals surface area contributed by atoms with E-state index in [9.17, 15) is 19.2 Å². The summed E-state index contributed by atoms with van der Waals surface area (Å²) in [5.41, 5.74) is 1.32. The third-order valence-electron chi connectivity index (χ3n) is 4.70. The molecule has 3 rings (SSSR count). The zero-order valence-electron chi connectivity index (χ0n) is 17.1. The van der Waals surface area contributed by atoms with Crippen LogP contribution in [0, 0.1) is 5.92 Å². The molecule has 1 heterocycles. The van der Waals surface area contributed by atoms with E-state index in [-0.39, 0.29) is 25.5 Å². The van der Waals surface area contributed by atoms with Gasteiger partial charge in [-0.05, 0) is 49.4 Å². The maximum absolute atomic E-state index is 12.4. The van der Waals surface area contributed by atoms with Crippen molar-refractivity contribution in [1.82, 2.24) is 0 Å². The van der Waals surface area contributed by atoms with Crippen LogP contribution >= 0.6 is 27.5 Å². The summed E-state index contributed by atoms with van der Waals surface area (Å²) in [6.45, 7) is 1.61. The number of halogens is 2. The maximum Gasteiger partial charge on any atom is 0.338 e. The minimum Gasteiger partial charge on any atom is -0.462 e. The van der Waals surface area contributed by atoms with Gasteiger partial charge in [0.1, 0.15) is 0 Å². The number of ether oxygens (including phenoxy) is 2. The summed E-state index contributed by atoms with van der Waals surface area (Å²) in [7, 11) is 0. The predicted octanol–water partition coefficient (Wildman–Crippen LogP) is 3.81. The van der Waals surface area contributed by atoms with E-state index in [1.165, 1.54) is 4.90 Å². The molecule has 2 aromatic rings.